The Morgan fingerprint density at radius 3 is 1.86 bits per heavy atom. The first-order valence-electron chi connectivity index (χ1n) is 8.15. The Hall–Kier alpha value is -0.900. The maximum absolute atomic E-state index is 10.5. The summed E-state index contributed by atoms with van der Waals surface area (Å²) in [5.41, 5.74) is 3.51. The van der Waals surface area contributed by atoms with Gasteiger partial charge in [0.05, 0.1) is 6.10 Å². The highest BCUT2D eigenvalue weighted by Gasteiger charge is 2.20. The van der Waals surface area contributed by atoms with E-state index in [1.807, 2.05) is 0 Å². The number of rotatable bonds is 5. The molecular weight excluding hydrogens is 260 g/mol. The van der Waals surface area contributed by atoms with Gasteiger partial charge in [0.2, 0.25) is 0 Å². The van der Waals surface area contributed by atoms with Gasteiger partial charge in [-0.15, -0.1) is 0 Å². The first kappa shape index (κ1) is 16.5. The molecular formula is C18H30N2O. The minimum Gasteiger partial charge on any atom is -0.387 e. The van der Waals surface area contributed by atoms with Crippen LogP contribution < -0.4 is 0 Å². The van der Waals surface area contributed by atoms with Crippen molar-refractivity contribution in [2.24, 2.45) is 5.92 Å². The third-order valence-corrected chi connectivity index (χ3v) is 4.15. The smallest absolute Gasteiger partial charge is 0.0917 e. The molecule has 0 spiro atoms. The molecule has 1 aliphatic heterocycles. The lowest BCUT2D eigenvalue weighted by Gasteiger charge is -2.36. The Balaban J connectivity index is 1.85. The summed E-state index contributed by atoms with van der Waals surface area (Å²) in [4.78, 5) is 4.92. The number of nitrogens with zero attached hydrogens (tertiary/aromatic N) is 2. The first-order valence-corrected chi connectivity index (χ1v) is 8.15. The zero-order valence-electron chi connectivity index (χ0n) is 14.0. The van der Waals surface area contributed by atoms with E-state index >= 15 is 0 Å². The van der Waals surface area contributed by atoms with Crippen LogP contribution in [0.15, 0.2) is 18.2 Å². The van der Waals surface area contributed by atoms with Crippen LogP contribution in [0.25, 0.3) is 0 Å². The van der Waals surface area contributed by atoms with Crippen LogP contribution in [0.5, 0.6) is 0 Å². The van der Waals surface area contributed by atoms with Crippen molar-refractivity contribution in [1.82, 2.24) is 9.80 Å². The molecule has 1 atom stereocenters. The molecule has 118 valence electrons. The van der Waals surface area contributed by atoms with Gasteiger partial charge in [0, 0.05) is 39.3 Å². The molecule has 1 aromatic carbocycles. The van der Waals surface area contributed by atoms with Gasteiger partial charge in [0.1, 0.15) is 0 Å². The number of hydrogen-bond acceptors (Lipinski definition) is 3. The standard InChI is InChI=1S/C18H30N2O/c1-14(2)12-19-5-7-20(8-6-19)13-18(21)17-10-15(3)9-16(4)11-17/h9-11,14,18,21H,5-8,12-13H2,1-4H3. The Morgan fingerprint density at radius 2 is 1.38 bits per heavy atom. The number of β-amino-alcohol motifs (C(OH)–C–C–N with tert-alkyl or cyclic N) is 1. The fourth-order valence-corrected chi connectivity index (χ4v) is 3.22. The highest BCUT2D eigenvalue weighted by Crippen LogP contribution is 2.19. The van der Waals surface area contributed by atoms with Crippen molar-refractivity contribution in [3.8, 4) is 0 Å². The number of hydrogen-bond donors (Lipinski definition) is 1. The van der Waals surface area contributed by atoms with Crippen molar-refractivity contribution < 1.29 is 5.11 Å². The van der Waals surface area contributed by atoms with Gasteiger partial charge < -0.3 is 10.0 Å². The molecule has 1 N–H and O–H groups in total. The molecule has 1 saturated heterocycles. The van der Waals surface area contributed by atoms with Crippen molar-refractivity contribution in [3.05, 3.63) is 34.9 Å². The second-order valence-electron chi connectivity index (χ2n) is 6.93. The van der Waals surface area contributed by atoms with Gasteiger partial charge in [-0.2, -0.15) is 0 Å². The quantitative estimate of drug-likeness (QED) is 0.903. The van der Waals surface area contributed by atoms with Crippen molar-refractivity contribution >= 4 is 0 Å². The molecule has 1 unspecified atom stereocenters. The fraction of sp³-hybridized carbons (Fsp3) is 0.667. The molecule has 3 nitrogen and oxygen atoms in total. The van der Waals surface area contributed by atoms with E-state index in [9.17, 15) is 5.11 Å². The number of aliphatic hydroxyl groups is 1. The first-order chi connectivity index (χ1) is 9.94. The van der Waals surface area contributed by atoms with Crippen molar-refractivity contribution in [2.75, 3.05) is 39.3 Å². The van der Waals surface area contributed by atoms with E-state index in [4.69, 9.17) is 0 Å². The summed E-state index contributed by atoms with van der Waals surface area (Å²) in [5, 5.41) is 10.5. The second kappa shape index (κ2) is 7.39. The monoisotopic (exact) mass is 290 g/mol. The maximum atomic E-state index is 10.5. The molecule has 0 aliphatic carbocycles. The molecule has 0 saturated carbocycles. The molecule has 1 heterocycles. The van der Waals surface area contributed by atoms with Gasteiger partial charge in [-0.25, -0.2) is 0 Å². The van der Waals surface area contributed by atoms with Gasteiger partial charge >= 0.3 is 0 Å². The van der Waals surface area contributed by atoms with E-state index in [0.717, 1.165) is 44.2 Å². The molecule has 2 rings (SSSR count). The lowest BCUT2D eigenvalue weighted by atomic mass is 10.0. The second-order valence-corrected chi connectivity index (χ2v) is 6.93. The number of piperazine rings is 1. The highest BCUT2D eigenvalue weighted by atomic mass is 16.3. The predicted molar refractivity (Wildman–Crippen MR) is 88.6 cm³/mol. The van der Waals surface area contributed by atoms with E-state index in [1.54, 1.807) is 0 Å². The maximum Gasteiger partial charge on any atom is 0.0917 e. The number of aliphatic hydroxyl groups excluding tert-OH is 1. The van der Waals surface area contributed by atoms with Crippen LogP contribution in [0.2, 0.25) is 0 Å². The average molecular weight is 290 g/mol. The Labute approximate surface area is 129 Å². The van der Waals surface area contributed by atoms with Gasteiger partial charge in [0.15, 0.2) is 0 Å². The summed E-state index contributed by atoms with van der Waals surface area (Å²) in [6.07, 6.45) is -0.375. The zero-order valence-corrected chi connectivity index (χ0v) is 14.0. The third-order valence-electron chi connectivity index (χ3n) is 4.15. The minimum absolute atomic E-state index is 0.375. The summed E-state index contributed by atoms with van der Waals surface area (Å²) in [6.45, 7) is 15.0. The summed E-state index contributed by atoms with van der Waals surface area (Å²) in [7, 11) is 0. The molecule has 0 bridgehead atoms. The molecule has 1 fully saturated rings. The molecule has 1 aromatic rings. The van der Waals surface area contributed by atoms with Crippen molar-refractivity contribution in [2.45, 2.75) is 33.8 Å². The van der Waals surface area contributed by atoms with Crippen LogP contribution in [-0.2, 0) is 0 Å². The molecule has 3 heteroatoms. The van der Waals surface area contributed by atoms with Crippen LogP contribution in [0, 0.1) is 19.8 Å². The van der Waals surface area contributed by atoms with Gasteiger partial charge in [-0.05, 0) is 25.3 Å². The minimum atomic E-state index is -0.375. The highest BCUT2D eigenvalue weighted by molar-refractivity contribution is 5.30. The zero-order chi connectivity index (χ0) is 15.4. The third kappa shape index (κ3) is 5.10. The van der Waals surface area contributed by atoms with Crippen LogP contribution in [0.3, 0.4) is 0 Å². The summed E-state index contributed by atoms with van der Waals surface area (Å²) in [5.74, 6) is 0.734. The largest absolute Gasteiger partial charge is 0.387 e. The van der Waals surface area contributed by atoms with Crippen LogP contribution in [0.4, 0.5) is 0 Å². The summed E-state index contributed by atoms with van der Waals surface area (Å²) < 4.78 is 0. The SMILES string of the molecule is Cc1cc(C)cc(C(O)CN2CCN(CC(C)C)CC2)c1. The van der Waals surface area contributed by atoms with E-state index in [-0.39, 0.29) is 6.10 Å². The van der Waals surface area contributed by atoms with Gasteiger partial charge in [-0.3, -0.25) is 4.90 Å². The van der Waals surface area contributed by atoms with Gasteiger partial charge in [-0.1, -0.05) is 43.2 Å². The fourth-order valence-electron chi connectivity index (χ4n) is 3.22. The van der Waals surface area contributed by atoms with Gasteiger partial charge in [0.25, 0.3) is 0 Å². The molecule has 0 radical (unpaired) electrons. The Morgan fingerprint density at radius 1 is 0.905 bits per heavy atom. The van der Waals surface area contributed by atoms with Crippen molar-refractivity contribution in [1.29, 1.82) is 0 Å². The van der Waals surface area contributed by atoms with Crippen molar-refractivity contribution in [3.63, 3.8) is 0 Å². The topological polar surface area (TPSA) is 26.7 Å². The average Bonchev–Trinajstić information content (AvgIpc) is 2.39. The molecule has 21 heavy (non-hydrogen) atoms. The van der Waals surface area contributed by atoms with Crippen LogP contribution in [-0.4, -0.2) is 54.2 Å². The van der Waals surface area contributed by atoms with E-state index in [1.165, 1.54) is 17.7 Å². The lowest BCUT2D eigenvalue weighted by Crippen LogP contribution is -2.48. The molecule has 0 aromatic heterocycles. The van der Waals surface area contributed by atoms with Crippen LogP contribution in [0.1, 0.15) is 36.6 Å². The van der Waals surface area contributed by atoms with E-state index in [0.29, 0.717) is 0 Å². The summed E-state index contributed by atoms with van der Waals surface area (Å²) >= 11 is 0. The number of aryl methyl sites for hydroxylation is 2. The molecule has 1 aliphatic rings. The lowest BCUT2D eigenvalue weighted by molar-refractivity contribution is 0.0687. The normalized spacial score (nSPS) is 19.1. The van der Waals surface area contributed by atoms with E-state index in [2.05, 4.69) is 55.7 Å². The Kier molecular flexibility index (Phi) is 5.80. The Bertz CT molecular complexity index is 430. The van der Waals surface area contributed by atoms with Crippen LogP contribution >= 0.6 is 0 Å². The number of benzene rings is 1. The molecule has 0 amide bonds. The van der Waals surface area contributed by atoms with E-state index < -0.39 is 0 Å². The predicted octanol–water partition coefficient (Wildman–Crippen LogP) is 2.61. The summed E-state index contributed by atoms with van der Waals surface area (Å²) in [6, 6.07) is 6.36.